The number of rotatable bonds is 5. The van der Waals surface area contributed by atoms with E-state index in [-0.39, 0.29) is 0 Å². The van der Waals surface area contributed by atoms with Gasteiger partial charge in [0, 0.05) is 0 Å². The molecule has 1 aromatic rings. The van der Waals surface area contributed by atoms with Crippen molar-refractivity contribution in [3.05, 3.63) is 23.8 Å². The van der Waals surface area contributed by atoms with Crippen LogP contribution >= 0.6 is 0 Å². The van der Waals surface area contributed by atoms with Gasteiger partial charge in [-0.25, -0.2) is 0 Å². The molecule has 18 heavy (non-hydrogen) atoms. The number of carbonyl (C=O) groups is 1. The van der Waals surface area contributed by atoms with E-state index in [4.69, 9.17) is 9.47 Å². The fraction of sp³-hybridized carbons (Fsp3) is 0.462. The highest BCUT2D eigenvalue weighted by atomic mass is 16.6. The topological polar surface area (TPSA) is 67.8 Å². The van der Waals surface area contributed by atoms with Crippen LogP contribution in [0.4, 0.5) is 0 Å². The Morgan fingerprint density at radius 2 is 2.11 bits per heavy atom. The number of nitrogens with one attached hydrogen (secondary N) is 1. The molecule has 0 fully saturated rings. The summed E-state index contributed by atoms with van der Waals surface area (Å²) in [6.45, 7) is 3.68. The average Bonchev–Trinajstić information content (AvgIpc) is 2.38. The van der Waals surface area contributed by atoms with Crippen LogP contribution in [0.25, 0.3) is 0 Å². The maximum atomic E-state index is 11.2. The van der Waals surface area contributed by atoms with Gasteiger partial charge < -0.3 is 19.9 Å². The molecule has 1 aliphatic rings. The average molecular weight is 251 g/mol. The monoisotopic (exact) mass is 251 g/mol. The van der Waals surface area contributed by atoms with E-state index in [0.29, 0.717) is 36.8 Å². The normalized spacial score (nSPS) is 15.2. The van der Waals surface area contributed by atoms with Crippen LogP contribution in [0, 0.1) is 0 Å². The summed E-state index contributed by atoms with van der Waals surface area (Å²) in [4.78, 5) is 11.2. The van der Waals surface area contributed by atoms with Crippen LogP contribution in [-0.4, -0.2) is 30.8 Å². The molecule has 0 aliphatic carbocycles. The van der Waals surface area contributed by atoms with E-state index < -0.39 is 12.0 Å². The second kappa shape index (κ2) is 5.73. The zero-order valence-electron chi connectivity index (χ0n) is 10.3. The third-order valence-corrected chi connectivity index (χ3v) is 2.74. The molecule has 0 saturated carbocycles. The van der Waals surface area contributed by atoms with Crippen molar-refractivity contribution in [3.63, 3.8) is 0 Å². The number of fused-ring (bicyclic) bond motifs is 1. The number of carboxylic acid groups (broad SMARTS) is 1. The molecule has 0 saturated heterocycles. The first kappa shape index (κ1) is 12.7. The van der Waals surface area contributed by atoms with Crippen LogP contribution in [0.15, 0.2) is 18.2 Å². The molecular formula is C13H17NO4. The van der Waals surface area contributed by atoms with Gasteiger partial charge in [0.2, 0.25) is 0 Å². The molecule has 0 aromatic heterocycles. The largest absolute Gasteiger partial charge is 0.486 e. The van der Waals surface area contributed by atoms with E-state index in [1.165, 1.54) is 0 Å². The predicted octanol–water partition coefficient (Wildman–Crippen LogP) is 1.58. The maximum Gasteiger partial charge on any atom is 0.325 e. The fourth-order valence-corrected chi connectivity index (χ4v) is 1.88. The van der Waals surface area contributed by atoms with Gasteiger partial charge in [-0.2, -0.15) is 0 Å². The molecule has 1 unspecified atom stereocenters. The van der Waals surface area contributed by atoms with Crippen LogP contribution < -0.4 is 14.8 Å². The molecule has 1 atom stereocenters. The van der Waals surface area contributed by atoms with Crippen molar-refractivity contribution in [2.75, 3.05) is 19.8 Å². The predicted molar refractivity (Wildman–Crippen MR) is 66.1 cm³/mol. The van der Waals surface area contributed by atoms with Crippen molar-refractivity contribution >= 4 is 5.97 Å². The van der Waals surface area contributed by atoms with Crippen LogP contribution in [0.5, 0.6) is 11.5 Å². The molecule has 0 spiro atoms. The summed E-state index contributed by atoms with van der Waals surface area (Å²) < 4.78 is 10.9. The fourth-order valence-electron chi connectivity index (χ4n) is 1.88. The van der Waals surface area contributed by atoms with Crippen molar-refractivity contribution in [1.82, 2.24) is 5.32 Å². The molecule has 1 aliphatic heterocycles. The summed E-state index contributed by atoms with van der Waals surface area (Å²) in [5.41, 5.74) is 0.681. The van der Waals surface area contributed by atoms with Crippen LogP contribution in [0.3, 0.4) is 0 Å². The molecule has 5 heteroatoms. The molecule has 0 amide bonds. The van der Waals surface area contributed by atoms with Gasteiger partial charge in [0.15, 0.2) is 11.5 Å². The Labute approximate surface area is 106 Å². The standard InChI is InChI=1S/C13H17NO4/c1-2-5-14-12(13(15)16)9-3-4-10-11(8-9)18-7-6-17-10/h3-4,8,12,14H,2,5-7H2,1H3,(H,15,16). The molecule has 2 rings (SSSR count). The summed E-state index contributed by atoms with van der Waals surface area (Å²) in [6, 6.07) is 4.54. The summed E-state index contributed by atoms with van der Waals surface area (Å²) in [5.74, 6) is 0.396. The van der Waals surface area contributed by atoms with Crippen LogP contribution in [0.2, 0.25) is 0 Å². The Bertz CT molecular complexity index is 433. The summed E-state index contributed by atoms with van der Waals surface area (Å²) >= 11 is 0. The Morgan fingerprint density at radius 1 is 1.39 bits per heavy atom. The van der Waals surface area contributed by atoms with Crippen molar-refractivity contribution in [2.45, 2.75) is 19.4 Å². The quantitative estimate of drug-likeness (QED) is 0.831. The van der Waals surface area contributed by atoms with Crippen molar-refractivity contribution in [1.29, 1.82) is 0 Å². The number of hydrogen-bond donors (Lipinski definition) is 2. The highest BCUT2D eigenvalue weighted by molar-refractivity contribution is 5.76. The van der Waals surface area contributed by atoms with Crippen molar-refractivity contribution in [2.24, 2.45) is 0 Å². The molecule has 2 N–H and O–H groups in total. The van der Waals surface area contributed by atoms with E-state index in [2.05, 4.69) is 5.32 Å². The Kier molecular flexibility index (Phi) is 4.04. The smallest absolute Gasteiger partial charge is 0.325 e. The summed E-state index contributed by atoms with van der Waals surface area (Å²) in [5, 5.41) is 12.2. The van der Waals surface area contributed by atoms with Gasteiger partial charge in [-0.15, -0.1) is 0 Å². The minimum absolute atomic E-state index is 0.497. The number of carboxylic acids is 1. The minimum atomic E-state index is -0.889. The number of hydrogen-bond acceptors (Lipinski definition) is 4. The van der Waals surface area contributed by atoms with E-state index >= 15 is 0 Å². The van der Waals surface area contributed by atoms with Crippen LogP contribution in [-0.2, 0) is 4.79 Å². The van der Waals surface area contributed by atoms with E-state index in [1.807, 2.05) is 6.92 Å². The van der Waals surface area contributed by atoms with Gasteiger partial charge in [0.05, 0.1) is 0 Å². The lowest BCUT2D eigenvalue weighted by molar-refractivity contribution is -0.139. The minimum Gasteiger partial charge on any atom is -0.486 e. The molecule has 5 nitrogen and oxygen atoms in total. The van der Waals surface area contributed by atoms with Gasteiger partial charge in [-0.1, -0.05) is 13.0 Å². The molecular weight excluding hydrogens is 234 g/mol. The lowest BCUT2D eigenvalue weighted by atomic mass is 10.1. The zero-order chi connectivity index (χ0) is 13.0. The Balaban J connectivity index is 2.22. The zero-order valence-corrected chi connectivity index (χ0v) is 10.3. The van der Waals surface area contributed by atoms with E-state index in [0.717, 1.165) is 6.42 Å². The maximum absolute atomic E-state index is 11.2. The van der Waals surface area contributed by atoms with Gasteiger partial charge >= 0.3 is 5.97 Å². The number of ether oxygens (including phenoxy) is 2. The highest BCUT2D eigenvalue weighted by Crippen LogP contribution is 2.32. The summed E-state index contributed by atoms with van der Waals surface area (Å²) in [6.07, 6.45) is 0.883. The SMILES string of the molecule is CCCNC(C(=O)O)c1ccc2c(c1)OCCO2. The first-order valence-electron chi connectivity index (χ1n) is 6.08. The molecule has 0 radical (unpaired) electrons. The molecule has 1 heterocycles. The first-order valence-corrected chi connectivity index (χ1v) is 6.08. The highest BCUT2D eigenvalue weighted by Gasteiger charge is 2.21. The lowest BCUT2D eigenvalue weighted by Crippen LogP contribution is -2.29. The van der Waals surface area contributed by atoms with Gasteiger partial charge in [-0.3, -0.25) is 4.79 Å². The molecule has 1 aromatic carbocycles. The third-order valence-electron chi connectivity index (χ3n) is 2.74. The van der Waals surface area contributed by atoms with E-state index in [9.17, 15) is 9.90 Å². The summed E-state index contributed by atoms with van der Waals surface area (Å²) in [7, 11) is 0. The van der Waals surface area contributed by atoms with Gasteiger partial charge in [-0.05, 0) is 30.7 Å². The number of aliphatic carboxylic acids is 1. The second-order valence-corrected chi connectivity index (χ2v) is 4.13. The molecule has 0 bridgehead atoms. The van der Waals surface area contributed by atoms with E-state index in [1.54, 1.807) is 18.2 Å². The number of benzene rings is 1. The Morgan fingerprint density at radius 3 is 2.78 bits per heavy atom. The Hall–Kier alpha value is -1.75. The van der Waals surface area contributed by atoms with Gasteiger partial charge in [0.25, 0.3) is 0 Å². The van der Waals surface area contributed by atoms with Gasteiger partial charge in [0.1, 0.15) is 19.3 Å². The lowest BCUT2D eigenvalue weighted by Gasteiger charge is -2.21. The molecule has 98 valence electrons. The third kappa shape index (κ3) is 2.73. The first-order chi connectivity index (χ1) is 8.72. The van der Waals surface area contributed by atoms with Crippen LogP contribution in [0.1, 0.15) is 24.9 Å². The van der Waals surface area contributed by atoms with Crippen molar-refractivity contribution in [3.8, 4) is 11.5 Å². The second-order valence-electron chi connectivity index (χ2n) is 4.13. The van der Waals surface area contributed by atoms with Crippen molar-refractivity contribution < 1.29 is 19.4 Å².